The van der Waals surface area contributed by atoms with Crippen molar-refractivity contribution < 1.29 is 4.92 Å². The van der Waals surface area contributed by atoms with E-state index < -0.39 is 4.92 Å². The zero-order valence-electron chi connectivity index (χ0n) is 8.11. The summed E-state index contributed by atoms with van der Waals surface area (Å²) in [6.45, 7) is 0. The molecule has 16 heavy (non-hydrogen) atoms. The minimum absolute atomic E-state index is 0.0113. The Balaban J connectivity index is 2.25. The van der Waals surface area contributed by atoms with Crippen molar-refractivity contribution in [3.05, 3.63) is 50.1 Å². The minimum Gasteiger partial charge on any atom is -0.358 e. The molecule has 6 heteroatoms. The van der Waals surface area contributed by atoms with Gasteiger partial charge in [0, 0.05) is 5.69 Å². The Bertz CT molecular complexity index is 510. The number of H-pyrrole nitrogens is 1. The fourth-order valence-corrected chi connectivity index (χ4v) is 1.84. The highest BCUT2D eigenvalue weighted by Gasteiger charge is 2.14. The monoisotopic (exact) mass is 329 g/mol. The van der Waals surface area contributed by atoms with E-state index in [0.29, 0.717) is 5.82 Å². The maximum Gasteiger partial charge on any atom is 0.323 e. The van der Waals surface area contributed by atoms with E-state index in [9.17, 15) is 10.1 Å². The number of halogens is 1. The van der Waals surface area contributed by atoms with Crippen LogP contribution in [0.1, 0.15) is 0 Å². The molecule has 0 unspecified atom stereocenters. The molecule has 1 aromatic carbocycles. The maximum atomic E-state index is 10.6. The molecule has 0 aliphatic rings. The minimum atomic E-state index is -0.446. The van der Waals surface area contributed by atoms with Gasteiger partial charge in [-0.25, -0.2) is 4.98 Å². The van der Waals surface area contributed by atoms with Crippen LogP contribution in [0.5, 0.6) is 0 Å². The van der Waals surface area contributed by atoms with E-state index in [4.69, 9.17) is 0 Å². The molecule has 5 nitrogen and oxygen atoms in total. The number of rotatable bonds is 3. The van der Waals surface area contributed by atoms with Crippen LogP contribution in [0, 0.1) is 13.7 Å². The van der Waals surface area contributed by atoms with Gasteiger partial charge < -0.3 is 15.4 Å². The molecular weight excluding hydrogens is 321 g/mol. The molecule has 0 saturated heterocycles. The van der Waals surface area contributed by atoms with Crippen LogP contribution >= 0.6 is 22.6 Å². The summed E-state index contributed by atoms with van der Waals surface area (Å²) >= 11 is 2.04. The molecule has 0 atom stereocenters. The summed E-state index contributed by atoms with van der Waals surface area (Å²) in [5.74, 6) is 0.626. The number of nitro groups is 1. The number of nitrogens with one attached hydrogen (secondary N) is 2. The first-order valence-electron chi connectivity index (χ1n) is 4.52. The van der Waals surface area contributed by atoms with Crippen LogP contribution in [0.25, 0.3) is 0 Å². The molecule has 2 aromatic rings. The number of aromatic nitrogens is 1. The van der Waals surface area contributed by atoms with Gasteiger partial charge in [0.25, 0.3) is 0 Å². The van der Waals surface area contributed by atoms with Gasteiger partial charge in [-0.15, -0.1) is 0 Å². The van der Waals surface area contributed by atoms with Gasteiger partial charge in [-0.2, -0.15) is 0 Å². The molecule has 0 saturated carbocycles. The number of aromatic amines is 1. The van der Waals surface area contributed by atoms with Crippen LogP contribution in [-0.4, -0.2) is 9.91 Å². The Morgan fingerprint density at radius 3 is 2.56 bits per heavy atom. The third kappa shape index (κ3) is 2.32. The lowest BCUT2D eigenvalue weighted by atomic mass is 10.3. The predicted molar refractivity (Wildman–Crippen MR) is 69.9 cm³/mol. The first-order chi connectivity index (χ1) is 7.66. The molecule has 2 rings (SSSR count). The van der Waals surface area contributed by atoms with Gasteiger partial charge in [-0.05, 0) is 39.6 Å². The quantitative estimate of drug-likeness (QED) is 0.516. The van der Waals surface area contributed by atoms with Crippen molar-refractivity contribution >= 4 is 39.9 Å². The van der Waals surface area contributed by atoms with E-state index >= 15 is 0 Å². The Labute approximate surface area is 105 Å². The lowest BCUT2D eigenvalue weighted by Gasteiger charge is -2.00. The van der Waals surface area contributed by atoms with Crippen LogP contribution in [0.4, 0.5) is 17.3 Å². The summed E-state index contributed by atoms with van der Waals surface area (Å²) in [5.41, 5.74) is 0.886. The van der Waals surface area contributed by atoms with E-state index in [1.54, 1.807) is 0 Å². The Morgan fingerprint density at radius 2 is 2.00 bits per heavy atom. The SMILES string of the molecule is O=[N+]([O-])c1cc(I)c(Nc2ccccc2)[nH]1. The van der Waals surface area contributed by atoms with E-state index in [0.717, 1.165) is 9.26 Å². The third-order valence-corrected chi connectivity index (χ3v) is 2.85. The molecule has 0 aliphatic heterocycles. The smallest absolute Gasteiger partial charge is 0.323 e. The third-order valence-electron chi connectivity index (χ3n) is 2.00. The van der Waals surface area contributed by atoms with Crippen LogP contribution in [0.3, 0.4) is 0 Å². The number of benzene rings is 1. The fourth-order valence-electron chi connectivity index (χ4n) is 1.27. The number of anilines is 2. The van der Waals surface area contributed by atoms with Crippen LogP contribution in [0.15, 0.2) is 36.4 Å². The van der Waals surface area contributed by atoms with E-state index in [2.05, 4.69) is 10.3 Å². The zero-order chi connectivity index (χ0) is 11.5. The molecule has 2 N–H and O–H groups in total. The van der Waals surface area contributed by atoms with Crippen molar-refractivity contribution in [2.75, 3.05) is 5.32 Å². The Morgan fingerprint density at radius 1 is 1.31 bits per heavy atom. The summed E-state index contributed by atoms with van der Waals surface area (Å²) in [5, 5.41) is 13.6. The maximum absolute atomic E-state index is 10.6. The predicted octanol–water partition coefficient (Wildman–Crippen LogP) is 3.27. The van der Waals surface area contributed by atoms with Crippen LogP contribution in [0.2, 0.25) is 0 Å². The number of hydrogen-bond acceptors (Lipinski definition) is 3. The molecule has 1 heterocycles. The summed E-state index contributed by atoms with van der Waals surface area (Å²) in [4.78, 5) is 12.8. The van der Waals surface area contributed by atoms with Crippen molar-refractivity contribution in [2.45, 2.75) is 0 Å². The van der Waals surface area contributed by atoms with Crippen molar-refractivity contribution in [3.8, 4) is 0 Å². The van der Waals surface area contributed by atoms with Gasteiger partial charge in [-0.3, -0.25) is 0 Å². The van der Waals surface area contributed by atoms with E-state index in [1.807, 2.05) is 52.9 Å². The summed E-state index contributed by atoms with van der Waals surface area (Å²) in [6.07, 6.45) is 0. The lowest BCUT2D eigenvalue weighted by molar-refractivity contribution is -0.389. The summed E-state index contributed by atoms with van der Waals surface area (Å²) in [6, 6.07) is 11.0. The molecule has 1 aromatic heterocycles. The molecule has 0 bridgehead atoms. The molecule has 0 radical (unpaired) electrons. The van der Waals surface area contributed by atoms with Crippen molar-refractivity contribution in [1.82, 2.24) is 4.98 Å². The van der Waals surface area contributed by atoms with Crippen molar-refractivity contribution in [2.24, 2.45) is 0 Å². The van der Waals surface area contributed by atoms with Crippen molar-refractivity contribution in [1.29, 1.82) is 0 Å². The molecule has 0 spiro atoms. The van der Waals surface area contributed by atoms with E-state index in [1.165, 1.54) is 6.07 Å². The standard InChI is InChI=1S/C10H8IN3O2/c11-8-6-9(14(15)16)13-10(8)12-7-4-2-1-3-5-7/h1-6,12-13H. The fraction of sp³-hybridized carbons (Fsp3) is 0. The molecule has 82 valence electrons. The highest BCUT2D eigenvalue weighted by molar-refractivity contribution is 14.1. The second-order valence-corrected chi connectivity index (χ2v) is 4.29. The van der Waals surface area contributed by atoms with E-state index in [-0.39, 0.29) is 5.82 Å². The van der Waals surface area contributed by atoms with Crippen molar-refractivity contribution in [3.63, 3.8) is 0 Å². The number of hydrogen-bond donors (Lipinski definition) is 2. The zero-order valence-corrected chi connectivity index (χ0v) is 10.3. The van der Waals surface area contributed by atoms with Crippen LogP contribution in [-0.2, 0) is 0 Å². The summed E-state index contributed by atoms with van der Waals surface area (Å²) < 4.78 is 0.785. The average molecular weight is 329 g/mol. The Hall–Kier alpha value is -1.57. The molecular formula is C10H8IN3O2. The average Bonchev–Trinajstić information content (AvgIpc) is 2.62. The first-order valence-corrected chi connectivity index (χ1v) is 5.59. The highest BCUT2D eigenvalue weighted by Crippen LogP contribution is 2.25. The van der Waals surface area contributed by atoms with Gasteiger partial charge in [-0.1, -0.05) is 18.2 Å². The number of nitrogens with zero attached hydrogens (tertiary/aromatic N) is 1. The van der Waals surface area contributed by atoms with Gasteiger partial charge in [0.15, 0.2) is 0 Å². The summed E-state index contributed by atoms with van der Waals surface area (Å²) in [7, 11) is 0. The normalized spacial score (nSPS) is 10.1. The molecule has 0 fully saturated rings. The highest BCUT2D eigenvalue weighted by atomic mass is 127. The van der Waals surface area contributed by atoms with Gasteiger partial charge in [0.1, 0.15) is 0 Å². The van der Waals surface area contributed by atoms with Crippen LogP contribution < -0.4 is 5.32 Å². The first kappa shape index (κ1) is 10.9. The number of para-hydroxylation sites is 1. The molecule has 0 amide bonds. The van der Waals surface area contributed by atoms with Gasteiger partial charge >= 0.3 is 5.82 Å². The largest absolute Gasteiger partial charge is 0.358 e. The Kier molecular flexibility index (Phi) is 3.09. The molecule has 0 aliphatic carbocycles. The van der Waals surface area contributed by atoms with Gasteiger partial charge in [0.05, 0.1) is 9.64 Å². The second-order valence-electron chi connectivity index (χ2n) is 3.13. The topological polar surface area (TPSA) is 71.0 Å². The van der Waals surface area contributed by atoms with Gasteiger partial charge in [0.2, 0.25) is 5.82 Å². The second kappa shape index (κ2) is 4.52. The lowest BCUT2D eigenvalue weighted by Crippen LogP contribution is -1.92.